The maximum absolute atomic E-state index is 12.7. The van der Waals surface area contributed by atoms with Crippen molar-refractivity contribution in [3.63, 3.8) is 0 Å². The predicted molar refractivity (Wildman–Crippen MR) is 71.5 cm³/mol. The van der Waals surface area contributed by atoms with Crippen LogP contribution in [0, 0.1) is 23.1 Å². The minimum Gasteiger partial charge on any atom is -0.481 e. The number of carbonyl (C=O) groups excluding carboxylic acids is 1. The van der Waals surface area contributed by atoms with E-state index in [2.05, 4.69) is 5.32 Å². The van der Waals surface area contributed by atoms with Crippen LogP contribution in [0.5, 0.6) is 0 Å². The first-order chi connectivity index (χ1) is 9.34. The van der Waals surface area contributed by atoms with Crippen LogP contribution >= 0.6 is 0 Å². The number of amides is 1. The Bertz CT molecular complexity index is 524. The number of aliphatic carboxylic acids is 1. The van der Waals surface area contributed by atoms with Crippen LogP contribution in [0.15, 0.2) is 24.3 Å². The van der Waals surface area contributed by atoms with Crippen LogP contribution in [0.2, 0.25) is 0 Å². The molecule has 0 radical (unpaired) electrons. The molecule has 2 atom stereocenters. The van der Waals surface area contributed by atoms with E-state index in [9.17, 15) is 14.0 Å². The van der Waals surface area contributed by atoms with Crippen LogP contribution in [0.25, 0.3) is 0 Å². The monoisotopic (exact) mass is 279 g/mol. The number of hydrogen-bond acceptors (Lipinski definition) is 2. The third-order valence-corrected chi connectivity index (χ3v) is 4.00. The summed E-state index contributed by atoms with van der Waals surface area (Å²) < 4.78 is 12.7. The van der Waals surface area contributed by atoms with E-state index in [1.165, 1.54) is 12.1 Å². The van der Waals surface area contributed by atoms with Gasteiger partial charge in [0.05, 0.1) is 11.8 Å². The lowest BCUT2D eigenvalue weighted by atomic mass is 10.1. The third kappa shape index (κ3) is 2.81. The highest BCUT2D eigenvalue weighted by Gasteiger charge is 2.65. The van der Waals surface area contributed by atoms with Crippen LogP contribution < -0.4 is 5.32 Å². The van der Waals surface area contributed by atoms with Crippen LogP contribution in [0.3, 0.4) is 0 Å². The van der Waals surface area contributed by atoms with Crippen molar-refractivity contribution in [1.82, 2.24) is 5.32 Å². The summed E-state index contributed by atoms with van der Waals surface area (Å²) >= 11 is 0. The van der Waals surface area contributed by atoms with E-state index in [1.54, 1.807) is 26.0 Å². The Morgan fingerprint density at radius 1 is 1.25 bits per heavy atom. The summed E-state index contributed by atoms with van der Waals surface area (Å²) in [7, 11) is 0. The van der Waals surface area contributed by atoms with Crippen LogP contribution in [-0.4, -0.2) is 23.5 Å². The largest absolute Gasteiger partial charge is 0.481 e. The average molecular weight is 279 g/mol. The maximum Gasteiger partial charge on any atom is 0.307 e. The number of carboxylic acid groups (broad SMARTS) is 1. The second kappa shape index (κ2) is 5.23. The van der Waals surface area contributed by atoms with Gasteiger partial charge in [0.25, 0.3) is 0 Å². The Balaban J connectivity index is 1.82. The van der Waals surface area contributed by atoms with E-state index in [-0.39, 0.29) is 11.7 Å². The van der Waals surface area contributed by atoms with Gasteiger partial charge in [-0.25, -0.2) is 4.39 Å². The van der Waals surface area contributed by atoms with Gasteiger partial charge < -0.3 is 10.4 Å². The highest BCUT2D eigenvalue weighted by molar-refractivity contribution is 5.91. The fourth-order valence-corrected chi connectivity index (χ4v) is 2.68. The molecule has 0 unspecified atom stereocenters. The third-order valence-electron chi connectivity index (χ3n) is 4.00. The molecule has 20 heavy (non-hydrogen) atoms. The van der Waals surface area contributed by atoms with Crippen molar-refractivity contribution in [2.75, 3.05) is 6.54 Å². The number of nitrogens with one attached hydrogen (secondary N) is 1. The van der Waals surface area contributed by atoms with Crippen molar-refractivity contribution in [3.8, 4) is 0 Å². The standard InChI is InChI=1S/C15H18FNO3/c1-15(2)11(12(15)14(19)20)13(18)17-8-7-9-3-5-10(16)6-4-9/h3-6,11-12H,7-8H2,1-2H3,(H,17,18)(H,19,20)/t11-,12+/m1/s1. The molecule has 1 aromatic rings. The normalized spacial score (nSPS) is 23.1. The first kappa shape index (κ1) is 14.5. The Morgan fingerprint density at radius 3 is 2.35 bits per heavy atom. The van der Waals surface area contributed by atoms with Crippen LogP contribution in [-0.2, 0) is 16.0 Å². The molecule has 0 spiro atoms. The summed E-state index contributed by atoms with van der Waals surface area (Å²) in [4.78, 5) is 22.9. The zero-order valence-electron chi connectivity index (χ0n) is 11.5. The van der Waals surface area contributed by atoms with E-state index in [0.717, 1.165) is 5.56 Å². The molecule has 1 amide bonds. The zero-order chi connectivity index (χ0) is 14.9. The SMILES string of the molecule is CC1(C)[C@H](C(=O)O)[C@@H]1C(=O)NCCc1ccc(F)cc1. The highest BCUT2D eigenvalue weighted by Crippen LogP contribution is 2.58. The molecule has 1 aliphatic rings. The first-order valence-corrected chi connectivity index (χ1v) is 6.59. The van der Waals surface area contributed by atoms with Crippen LogP contribution in [0.4, 0.5) is 4.39 Å². The van der Waals surface area contributed by atoms with E-state index < -0.39 is 23.2 Å². The summed E-state index contributed by atoms with van der Waals surface area (Å²) in [6.45, 7) is 4.00. The number of halogens is 1. The molecule has 2 rings (SSSR count). The van der Waals surface area contributed by atoms with E-state index >= 15 is 0 Å². The van der Waals surface area contributed by atoms with Crippen molar-refractivity contribution in [2.45, 2.75) is 20.3 Å². The van der Waals surface area contributed by atoms with Gasteiger partial charge in [-0.2, -0.15) is 0 Å². The van der Waals surface area contributed by atoms with Crippen molar-refractivity contribution in [2.24, 2.45) is 17.3 Å². The minimum absolute atomic E-state index is 0.218. The molecule has 1 aliphatic carbocycles. The lowest BCUT2D eigenvalue weighted by molar-refractivity contribution is -0.140. The summed E-state index contributed by atoms with van der Waals surface area (Å²) in [5.41, 5.74) is 0.447. The minimum atomic E-state index is -0.923. The summed E-state index contributed by atoms with van der Waals surface area (Å²) in [5, 5.41) is 11.8. The van der Waals surface area contributed by atoms with E-state index in [4.69, 9.17) is 5.11 Å². The fraction of sp³-hybridized carbons (Fsp3) is 0.467. The van der Waals surface area contributed by atoms with Crippen molar-refractivity contribution in [1.29, 1.82) is 0 Å². The Kier molecular flexibility index (Phi) is 3.79. The molecule has 4 nitrogen and oxygen atoms in total. The lowest BCUT2D eigenvalue weighted by Gasteiger charge is -2.06. The molecule has 0 aromatic heterocycles. The van der Waals surface area contributed by atoms with Gasteiger partial charge in [0.1, 0.15) is 5.82 Å². The van der Waals surface area contributed by atoms with Gasteiger partial charge >= 0.3 is 5.97 Å². The second-order valence-electron chi connectivity index (χ2n) is 5.78. The molecular formula is C15H18FNO3. The lowest BCUT2D eigenvalue weighted by Crippen LogP contribution is -2.29. The van der Waals surface area contributed by atoms with Gasteiger partial charge in [0.15, 0.2) is 0 Å². The van der Waals surface area contributed by atoms with Gasteiger partial charge in [0, 0.05) is 6.54 Å². The molecular weight excluding hydrogens is 261 g/mol. The van der Waals surface area contributed by atoms with Crippen molar-refractivity contribution in [3.05, 3.63) is 35.6 Å². The number of hydrogen-bond donors (Lipinski definition) is 2. The molecule has 0 saturated heterocycles. The number of rotatable bonds is 5. The van der Waals surface area contributed by atoms with Gasteiger partial charge in [-0.15, -0.1) is 0 Å². The smallest absolute Gasteiger partial charge is 0.307 e. The van der Waals surface area contributed by atoms with E-state index in [1.807, 2.05) is 0 Å². The number of carboxylic acids is 1. The maximum atomic E-state index is 12.7. The Hall–Kier alpha value is -1.91. The quantitative estimate of drug-likeness (QED) is 0.864. The molecule has 108 valence electrons. The average Bonchev–Trinajstić information content (AvgIpc) is 2.95. The molecule has 0 bridgehead atoms. The molecule has 1 saturated carbocycles. The molecule has 0 heterocycles. The predicted octanol–water partition coefficient (Wildman–Crippen LogP) is 1.84. The summed E-state index contributed by atoms with van der Waals surface area (Å²) in [6, 6.07) is 6.09. The number of carbonyl (C=O) groups is 2. The topological polar surface area (TPSA) is 66.4 Å². The molecule has 5 heteroatoms. The van der Waals surface area contributed by atoms with Crippen molar-refractivity contribution >= 4 is 11.9 Å². The second-order valence-corrected chi connectivity index (χ2v) is 5.78. The molecule has 2 N–H and O–H groups in total. The zero-order valence-corrected chi connectivity index (χ0v) is 11.5. The molecule has 1 aromatic carbocycles. The highest BCUT2D eigenvalue weighted by atomic mass is 19.1. The first-order valence-electron chi connectivity index (χ1n) is 6.59. The van der Waals surface area contributed by atoms with E-state index in [0.29, 0.717) is 13.0 Å². The van der Waals surface area contributed by atoms with Crippen LogP contribution in [0.1, 0.15) is 19.4 Å². The molecule has 1 fully saturated rings. The van der Waals surface area contributed by atoms with Gasteiger partial charge in [-0.1, -0.05) is 26.0 Å². The number of benzene rings is 1. The Morgan fingerprint density at radius 2 is 1.85 bits per heavy atom. The Labute approximate surface area is 117 Å². The van der Waals surface area contributed by atoms with Gasteiger partial charge in [-0.3, -0.25) is 9.59 Å². The molecule has 0 aliphatic heterocycles. The van der Waals surface area contributed by atoms with Gasteiger partial charge in [-0.05, 0) is 29.5 Å². The van der Waals surface area contributed by atoms with Gasteiger partial charge in [0.2, 0.25) is 5.91 Å². The fourth-order valence-electron chi connectivity index (χ4n) is 2.68. The summed E-state index contributed by atoms with van der Waals surface area (Å²) in [6.07, 6.45) is 0.594. The van der Waals surface area contributed by atoms with Crippen molar-refractivity contribution < 1.29 is 19.1 Å². The summed E-state index contributed by atoms with van der Waals surface area (Å²) in [5.74, 6) is -2.50.